The smallest absolute Gasteiger partial charge is 0.276 e. The van der Waals surface area contributed by atoms with Gasteiger partial charge in [0.25, 0.3) is 5.56 Å². The Bertz CT molecular complexity index is 1010. The van der Waals surface area contributed by atoms with Crippen molar-refractivity contribution in [2.75, 3.05) is 0 Å². The Morgan fingerprint density at radius 3 is 2.70 bits per heavy atom. The molecule has 1 aromatic carbocycles. The van der Waals surface area contributed by atoms with Gasteiger partial charge >= 0.3 is 0 Å². The van der Waals surface area contributed by atoms with Gasteiger partial charge in [-0.1, -0.05) is 35.9 Å². The first-order valence-electron chi connectivity index (χ1n) is 7.39. The summed E-state index contributed by atoms with van der Waals surface area (Å²) in [6.07, 6.45) is 3.63. The summed E-state index contributed by atoms with van der Waals surface area (Å²) in [5.74, 6) is 0. The zero-order valence-electron chi connectivity index (χ0n) is 12.6. The third-order valence-electron chi connectivity index (χ3n) is 3.85. The number of thiophene rings is 1. The number of hydrogen-bond acceptors (Lipinski definition) is 3. The SMILES string of the molecule is Cc1ccc(Cn2ccn3nc(-c4cccs4)cc3c2=O)cc1. The molecular weight excluding hydrogens is 306 g/mol. The number of fused-ring (bicyclic) bond motifs is 1. The highest BCUT2D eigenvalue weighted by Crippen LogP contribution is 2.23. The molecule has 0 saturated heterocycles. The molecule has 0 bridgehead atoms. The van der Waals surface area contributed by atoms with E-state index in [9.17, 15) is 4.79 Å². The molecule has 0 radical (unpaired) electrons. The topological polar surface area (TPSA) is 39.3 Å². The Morgan fingerprint density at radius 2 is 1.96 bits per heavy atom. The second kappa shape index (κ2) is 5.52. The van der Waals surface area contributed by atoms with Gasteiger partial charge in [-0.3, -0.25) is 4.79 Å². The Balaban J connectivity index is 1.75. The molecule has 0 fully saturated rings. The van der Waals surface area contributed by atoms with Gasteiger partial charge in [0, 0.05) is 12.4 Å². The van der Waals surface area contributed by atoms with Crippen molar-refractivity contribution >= 4 is 16.9 Å². The van der Waals surface area contributed by atoms with Crippen molar-refractivity contribution in [3.05, 3.63) is 81.7 Å². The predicted molar refractivity (Wildman–Crippen MR) is 93.0 cm³/mol. The van der Waals surface area contributed by atoms with Crippen molar-refractivity contribution in [2.45, 2.75) is 13.5 Å². The van der Waals surface area contributed by atoms with Crippen LogP contribution < -0.4 is 5.56 Å². The van der Waals surface area contributed by atoms with E-state index in [4.69, 9.17) is 0 Å². The van der Waals surface area contributed by atoms with Crippen molar-refractivity contribution in [3.8, 4) is 10.6 Å². The molecular formula is C18H15N3OS. The Labute approximate surface area is 137 Å². The minimum atomic E-state index is -0.0246. The van der Waals surface area contributed by atoms with Gasteiger partial charge in [-0.25, -0.2) is 4.52 Å². The molecule has 23 heavy (non-hydrogen) atoms. The second-order valence-corrected chi connectivity index (χ2v) is 6.50. The molecule has 0 saturated carbocycles. The maximum absolute atomic E-state index is 12.7. The second-order valence-electron chi connectivity index (χ2n) is 5.55. The molecule has 3 heterocycles. The minimum absolute atomic E-state index is 0.0246. The van der Waals surface area contributed by atoms with Gasteiger partial charge < -0.3 is 4.57 Å². The third kappa shape index (κ3) is 2.59. The van der Waals surface area contributed by atoms with E-state index in [1.165, 1.54) is 5.56 Å². The lowest BCUT2D eigenvalue weighted by Gasteiger charge is -2.06. The number of nitrogens with zero attached hydrogens (tertiary/aromatic N) is 3. The monoisotopic (exact) mass is 321 g/mol. The van der Waals surface area contributed by atoms with Crippen molar-refractivity contribution in [2.24, 2.45) is 0 Å². The van der Waals surface area contributed by atoms with Crippen molar-refractivity contribution in [1.82, 2.24) is 14.2 Å². The molecule has 0 N–H and O–H groups in total. The third-order valence-corrected chi connectivity index (χ3v) is 4.74. The van der Waals surface area contributed by atoms with Gasteiger partial charge in [-0.15, -0.1) is 11.3 Å². The van der Waals surface area contributed by atoms with E-state index in [-0.39, 0.29) is 5.56 Å². The van der Waals surface area contributed by atoms with Crippen LogP contribution in [0.25, 0.3) is 16.1 Å². The van der Waals surface area contributed by atoms with Crippen LogP contribution >= 0.6 is 11.3 Å². The Kier molecular flexibility index (Phi) is 3.35. The Morgan fingerprint density at radius 1 is 1.13 bits per heavy atom. The largest absolute Gasteiger partial charge is 0.308 e. The van der Waals surface area contributed by atoms with Gasteiger partial charge in [-0.05, 0) is 30.0 Å². The summed E-state index contributed by atoms with van der Waals surface area (Å²) in [5.41, 5.74) is 3.74. The van der Waals surface area contributed by atoms with Crippen molar-refractivity contribution in [1.29, 1.82) is 0 Å². The van der Waals surface area contributed by atoms with Crippen LogP contribution in [0, 0.1) is 6.92 Å². The molecule has 3 aromatic heterocycles. The van der Waals surface area contributed by atoms with Crippen LogP contribution in [-0.4, -0.2) is 14.2 Å². The van der Waals surface area contributed by atoms with Gasteiger partial charge in [0.15, 0.2) is 0 Å². The first kappa shape index (κ1) is 14.0. The van der Waals surface area contributed by atoms with Crippen molar-refractivity contribution < 1.29 is 0 Å². The standard InChI is InChI=1S/C18H15N3OS/c1-13-4-6-14(7-5-13)12-20-8-9-21-16(18(20)22)11-15(19-21)17-3-2-10-23-17/h2-11H,12H2,1H3. The van der Waals surface area contributed by atoms with Crippen LogP contribution in [0.3, 0.4) is 0 Å². The molecule has 4 rings (SSSR count). The van der Waals surface area contributed by atoms with E-state index >= 15 is 0 Å². The van der Waals surface area contributed by atoms with Gasteiger partial charge in [0.05, 0.1) is 11.4 Å². The average Bonchev–Trinajstić information content (AvgIpc) is 3.21. The molecule has 4 aromatic rings. The maximum atomic E-state index is 12.7. The molecule has 0 aliphatic carbocycles. The number of benzene rings is 1. The van der Waals surface area contributed by atoms with Crippen molar-refractivity contribution in [3.63, 3.8) is 0 Å². The summed E-state index contributed by atoms with van der Waals surface area (Å²) < 4.78 is 3.38. The summed E-state index contributed by atoms with van der Waals surface area (Å²) >= 11 is 1.62. The van der Waals surface area contributed by atoms with Crippen LogP contribution in [0.2, 0.25) is 0 Å². The Hall–Kier alpha value is -2.66. The van der Waals surface area contributed by atoms with E-state index in [0.29, 0.717) is 12.1 Å². The van der Waals surface area contributed by atoms with Gasteiger partial charge in [0.1, 0.15) is 11.2 Å². The van der Waals surface area contributed by atoms with Crippen LogP contribution in [0.4, 0.5) is 0 Å². The average molecular weight is 321 g/mol. The van der Waals surface area contributed by atoms with E-state index < -0.39 is 0 Å². The highest BCUT2D eigenvalue weighted by molar-refractivity contribution is 7.13. The number of hydrogen-bond donors (Lipinski definition) is 0. The van der Waals surface area contributed by atoms with Crippen LogP contribution in [0.5, 0.6) is 0 Å². The van der Waals surface area contributed by atoms with E-state index in [2.05, 4.69) is 36.3 Å². The lowest BCUT2D eigenvalue weighted by molar-refractivity contribution is 0.743. The van der Waals surface area contributed by atoms with E-state index in [1.807, 2.05) is 29.8 Å². The van der Waals surface area contributed by atoms with E-state index in [0.717, 1.165) is 16.1 Å². The lowest BCUT2D eigenvalue weighted by Crippen LogP contribution is -2.21. The predicted octanol–water partition coefficient (Wildman–Crippen LogP) is 3.58. The first-order valence-corrected chi connectivity index (χ1v) is 8.27. The number of aromatic nitrogens is 3. The molecule has 0 aliphatic rings. The highest BCUT2D eigenvalue weighted by Gasteiger charge is 2.10. The summed E-state index contributed by atoms with van der Waals surface area (Å²) in [4.78, 5) is 13.8. The fourth-order valence-electron chi connectivity index (χ4n) is 2.59. The molecule has 0 amide bonds. The molecule has 5 heteroatoms. The maximum Gasteiger partial charge on any atom is 0.276 e. The molecule has 114 valence electrons. The van der Waals surface area contributed by atoms with Crippen LogP contribution in [0.15, 0.2) is 65.0 Å². The molecule has 0 atom stereocenters. The fourth-order valence-corrected chi connectivity index (χ4v) is 3.27. The minimum Gasteiger partial charge on any atom is -0.308 e. The quantitative estimate of drug-likeness (QED) is 0.578. The lowest BCUT2D eigenvalue weighted by atomic mass is 10.1. The van der Waals surface area contributed by atoms with E-state index in [1.54, 1.807) is 26.6 Å². The molecule has 0 unspecified atom stereocenters. The van der Waals surface area contributed by atoms with Crippen LogP contribution in [-0.2, 0) is 6.54 Å². The zero-order valence-corrected chi connectivity index (χ0v) is 13.5. The summed E-state index contributed by atoms with van der Waals surface area (Å²) in [6.45, 7) is 2.62. The van der Waals surface area contributed by atoms with Gasteiger partial charge in [0.2, 0.25) is 0 Å². The number of aryl methyl sites for hydroxylation is 1. The highest BCUT2D eigenvalue weighted by atomic mass is 32.1. The number of rotatable bonds is 3. The fraction of sp³-hybridized carbons (Fsp3) is 0.111. The zero-order chi connectivity index (χ0) is 15.8. The molecule has 0 spiro atoms. The summed E-state index contributed by atoms with van der Waals surface area (Å²) in [7, 11) is 0. The molecule has 0 aliphatic heterocycles. The first-order chi connectivity index (χ1) is 11.2. The van der Waals surface area contributed by atoms with Gasteiger partial charge in [-0.2, -0.15) is 5.10 Å². The summed E-state index contributed by atoms with van der Waals surface area (Å²) in [6, 6.07) is 14.1. The van der Waals surface area contributed by atoms with Crippen LogP contribution in [0.1, 0.15) is 11.1 Å². The normalized spacial score (nSPS) is 11.2. The summed E-state index contributed by atoms with van der Waals surface area (Å²) in [5, 5.41) is 6.50. The molecule has 4 nitrogen and oxygen atoms in total.